The molecule has 0 bridgehead atoms. The predicted molar refractivity (Wildman–Crippen MR) is 61.0 cm³/mol. The van der Waals surface area contributed by atoms with Gasteiger partial charge in [0, 0.05) is 14.1 Å². The largest absolute Gasteiger partial charge is 0.473 e. The van der Waals surface area contributed by atoms with Crippen LogP contribution in [0.15, 0.2) is 4.99 Å². The van der Waals surface area contributed by atoms with Crippen LogP contribution in [0.2, 0.25) is 0 Å². The van der Waals surface area contributed by atoms with Crippen LogP contribution < -0.4 is 0 Å². The van der Waals surface area contributed by atoms with Gasteiger partial charge in [0.15, 0.2) is 41.8 Å². The lowest BCUT2D eigenvalue weighted by Gasteiger charge is -2.21. The lowest BCUT2D eigenvalue weighted by atomic mass is 10.00. The van der Waals surface area contributed by atoms with Crippen molar-refractivity contribution in [2.45, 2.75) is 12.1 Å². The Balaban J connectivity index is 2.55. The molecular formula is C12H9F5N2O2. The van der Waals surface area contributed by atoms with E-state index < -0.39 is 52.7 Å². The van der Waals surface area contributed by atoms with Crippen LogP contribution in [0.25, 0.3) is 0 Å². The fourth-order valence-electron chi connectivity index (χ4n) is 1.87. The number of hydrogen-bond acceptors (Lipinski definition) is 3. The molecule has 2 rings (SSSR count). The maximum Gasteiger partial charge on any atom is 0.251 e. The van der Waals surface area contributed by atoms with Gasteiger partial charge in [0.2, 0.25) is 5.82 Å². The van der Waals surface area contributed by atoms with Crippen molar-refractivity contribution in [2.75, 3.05) is 14.1 Å². The Morgan fingerprint density at radius 2 is 1.52 bits per heavy atom. The van der Waals surface area contributed by atoms with Gasteiger partial charge in [-0.1, -0.05) is 0 Å². The summed E-state index contributed by atoms with van der Waals surface area (Å²) in [7, 11) is 2.71. The summed E-state index contributed by atoms with van der Waals surface area (Å²) in [5.74, 6) is -11.3. The maximum absolute atomic E-state index is 13.7. The molecule has 2 atom stereocenters. The molecule has 0 fully saturated rings. The highest BCUT2D eigenvalue weighted by molar-refractivity contribution is 5.84. The zero-order valence-corrected chi connectivity index (χ0v) is 10.8. The number of amides is 1. The Morgan fingerprint density at radius 3 is 2.00 bits per heavy atom. The van der Waals surface area contributed by atoms with E-state index in [1.165, 1.54) is 14.1 Å². The van der Waals surface area contributed by atoms with Gasteiger partial charge in [-0.3, -0.25) is 4.79 Å². The number of halogens is 5. The van der Waals surface area contributed by atoms with Gasteiger partial charge in [0.25, 0.3) is 5.91 Å². The molecule has 0 radical (unpaired) electrons. The van der Waals surface area contributed by atoms with E-state index in [4.69, 9.17) is 4.74 Å². The Hall–Kier alpha value is -2.19. The van der Waals surface area contributed by atoms with Gasteiger partial charge in [-0.15, -0.1) is 0 Å². The summed E-state index contributed by atoms with van der Waals surface area (Å²) in [6, 6.07) is -1.42. The molecule has 21 heavy (non-hydrogen) atoms. The minimum atomic E-state index is -2.27. The molecule has 1 aromatic rings. The lowest BCUT2D eigenvalue weighted by Crippen LogP contribution is -2.36. The normalized spacial score (nSPS) is 20.5. The van der Waals surface area contributed by atoms with Gasteiger partial charge in [0.05, 0.1) is 5.56 Å². The number of benzene rings is 1. The molecule has 0 aromatic heterocycles. The molecule has 0 saturated heterocycles. The first-order valence-corrected chi connectivity index (χ1v) is 5.67. The monoisotopic (exact) mass is 308 g/mol. The van der Waals surface area contributed by atoms with Gasteiger partial charge < -0.3 is 9.64 Å². The second-order valence-corrected chi connectivity index (χ2v) is 4.47. The van der Waals surface area contributed by atoms with Gasteiger partial charge in [0.1, 0.15) is 0 Å². The first-order valence-electron chi connectivity index (χ1n) is 5.67. The Bertz CT molecular complexity index is 604. The third-order valence-corrected chi connectivity index (χ3v) is 2.94. The first-order chi connectivity index (χ1) is 9.77. The molecule has 0 unspecified atom stereocenters. The minimum absolute atomic E-state index is 0.697. The van der Waals surface area contributed by atoms with Crippen LogP contribution in [-0.4, -0.2) is 37.3 Å². The molecule has 0 N–H and O–H groups in total. The first kappa shape index (κ1) is 15.2. The topological polar surface area (TPSA) is 41.9 Å². The van der Waals surface area contributed by atoms with Crippen molar-refractivity contribution in [3.63, 3.8) is 0 Å². The van der Waals surface area contributed by atoms with E-state index in [1.807, 2.05) is 0 Å². The van der Waals surface area contributed by atoms with Crippen LogP contribution in [0.3, 0.4) is 0 Å². The summed E-state index contributed by atoms with van der Waals surface area (Å²) in [6.07, 6.45) is -0.973. The van der Waals surface area contributed by atoms with E-state index in [-0.39, 0.29) is 0 Å². The molecular weight excluding hydrogens is 299 g/mol. The second kappa shape index (κ2) is 5.30. The van der Waals surface area contributed by atoms with Crippen molar-refractivity contribution in [2.24, 2.45) is 4.99 Å². The number of ether oxygens (including phenoxy) is 1. The number of carbonyl (C=O) groups is 1. The molecule has 9 heteroatoms. The third kappa shape index (κ3) is 2.32. The molecule has 1 aromatic carbocycles. The van der Waals surface area contributed by atoms with Crippen molar-refractivity contribution in [3.05, 3.63) is 34.6 Å². The van der Waals surface area contributed by atoms with Crippen LogP contribution in [0.5, 0.6) is 0 Å². The molecule has 4 nitrogen and oxygen atoms in total. The number of hydrogen-bond donors (Lipinski definition) is 0. The molecule has 1 aliphatic rings. The van der Waals surface area contributed by atoms with Crippen molar-refractivity contribution in [1.82, 2.24) is 4.90 Å². The fraction of sp³-hybridized carbons (Fsp3) is 0.333. The predicted octanol–water partition coefficient (Wildman–Crippen LogP) is 1.94. The highest BCUT2D eigenvalue weighted by atomic mass is 19.2. The molecule has 1 aliphatic heterocycles. The number of rotatable bonds is 2. The Kier molecular flexibility index (Phi) is 3.84. The zero-order valence-electron chi connectivity index (χ0n) is 10.8. The van der Waals surface area contributed by atoms with Crippen molar-refractivity contribution < 1.29 is 31.5 Å². The summed E-state index contributed by atoms with van der Waals surface area (Å²) in [6.45, 7) is 0. The van der Waals surface area contributed by atoms with Gasteiger partial charge in [-0.05, 0) is 0 Å². The molecule has 0 aliphatic carbocycles. The minimum Gasteiger partial charge on any atom is -0.473 e. The highest BCUT2D eigenvalue weighted by Gasteiger charge is 2.41. The zero-order chi connectivity index (χ0) is 15.9. The molecule has 114 valence electrons. The Morgan fingerprint density at radius 1 is 1.05 bits per heavy atom. The van der Waals surface area contributed by atoms with Crippen molar-refractivity contribution >= 4 is 12.3 Å². The van der Waals surface area contributed by atoms with E-state index in [0.29, 0.717) is 0 Å². The molecule has 1 heterocycles. The van der Waals surface area contributed by atoms with Crippen LogP contribution in [0, 0.1) is 29.1 Å². The maximum atomic E-state index is 13.7. The fourth-order valence-corrected chi connectivity index (χ4v) is 1.87. The van der Waals surface area contributed by atoms with E-state index in [2.05, 4.69) is 4.99 Å². The second-order valence-electron chi connectivity index (χ2n) is 4.47. The summed E-state index contributed by atoms with van der Waals surface area (Å²) in [4.78, 5) is 16.4. The molecule has 1 amide bonds. The Labute approximate surface area is 115 Å². The quantitative estimate of drug-likeness (QED) is 0.476. The summed E-state index contributed by atoms with van der Waals surface area (Å²) < 4.78 is 71.6. The van der Waals surface area contributed by atoms with Crippen LogP contribution in [0.4, 0.5) is 22.0 Å². The SMILES string of the molecule is CN(C)C(=O)[C@H]1N=CO[C@H]1c1c(F)c(F)c(F)c(F)c1F. The van der Waals surface area contributed by atoms with E-state index >= 15 is 0 Å². The average molecular weight is 308 g/mol. The van der Waals surface area contributed by atoms with E-state index in [0.717, 1.165) is 11.3 Å². The lowest BCUT2D eigenvalue weighted by molar-refractivity contribution is -0.131. The number of likely N-dealkylation sites (N-methyl/N-ethyl adjacent to an activating group) is 1. The third-order valence-electron chi connectivity index (χ3n) is 2.94. The smallest absolute Gasteiger partial charge is 0.251 e. The number of carbonyl (C=O) groups excluding carboxylic acids is 1. The van der Waals surface area contributed by atoms with E-state index in [9.17, 15) is 26.7 Å². The summed E-state index contributed by atoms with van der Waals surface area (Å²) in [5, 5.41) is 0. The van der Waals surface area contributed by atoms with Gasteiger partial charge in [-0.2, -0.15) is 0 Å². The average Bonchev–Trinajstić information content (AvgIpc) is 2.91. The molecule has 0 spiro atoms. The highest BCUT2D eigenvalue weighted by Crippen LogP contribution is 2.34. The number of aliphatic imine (C=N–C) groups is 1. The standard InChI is InChI=1S/C12H9F5N2O2/c1-19(2)12(20)10-11(21-3-18-10)4-5(13)7(15)9(17)8(16)6(4)14/h3,10-11H,1-2H3/t10-,11-/m0/s1. The van der Waals surface area contributed by atoms with Gasteiger partial charge in [-0.25, -0.2) is 26.9 Å². The molecule has 0 saturated carbocycles. The van der Waals surface area contributed by atoms with Crippen molar-refractivity contribution in [1.29, 1.82) is 0 Å². The summed E-state index contributed by atoms with van der Waals surface area (Å²) >= 11 is 0. The van der Waals surface area contributed by atoms with Crippen LogP contribution in [0.1, 0.15) is 11.7 Å². The van der Waals surface area contributed by atoms with Crippen molar-refractivity contribution in [3.8, 4) is 0 Å². The van der Waals surface area contributed by atoms with E-state index in [1.54, 1.807) is 0 Å². The summed E-state index contributed by atoms with van der Waals surface area (Å²) in [5.41, 5.74) is -1.22. The van der Waals surface area contributed by atoms with Gasteiger partial charge >= 0.3 is 0 Å². The van der Waals surface area contributed by atoms with Crippen LogP contribution in [-0.2, 0) is 9.53 Å². The van der Waals surface area contributed by atoms with Crippen LogP contribution >= 0.6 is 0 Å². The number of nitrogens with zero attached hydrogens (tertiary/aromatic N) is 2.